The SMILES string of the molecule is CCOCCO[C@@H](C)C(=O)N[C@@H](CC)c1ncc(-c2ccccc2)[nH]1. The van der Waals surface area contributed by atoms with Crippen LogP contribution in [-0.4, -0.2) is 41.8 Å². The van der Waals surface area contributed by atoms with Gasteiger partial charge in [-0.1, -0.05) is 37.3 Å². The maximum atomic E-state index is 12.3. The normalized spacial score (nSPS) is 13.4. The molecule has 2 rings (SSSR count). The van der Waals surface area contributed by atoms with Gasteiger partial charge in [0.15, 0.2) is 0 Å². The molecule has 2 N–H and O–H groups in total. The fraction of sp³-hybridized carbons (Fsp3) is 0.474. The molecule has 0 fully saturated rings. The van der Waals surface area contributed by atoms with Gasteiger partial charge >= 0.3 is 0 Å². The van der Waals surface area contributed by atoms with Gasteiger partial charge in [-0.25, -0.2) is 4.98 Å². The van der Waals surface area contributed by atoms with Crippen molar-refractivity contribution in [3.63, 3.8) is 0 Å². The molecule has 1 aromatic carbocycles. The molecule has 0 aliphatic rings. The summed E-state index contributed by atoms with van der Waals surface area (Å²) in [4.78, 5) is 20.0. The van der Waals surface area contributed by atoms with E-state index in [0.717, 1.165) is 23.5 Å². The Morgan fingerprint density at radius 2 is 2.00 bits per heavy atom. The summed E-state index contributed by atoms with van der Waals surface area (Å²) in [6.07, 6.45) is 2.00. The quantitative estimate of drug-likeness (QED) is 0.649. The molecule has 6 heteroatoms. The highest BCUT2D eigenvalue weighted by Gasteiger charge is 2.20. The summed E-state index contributed by atoms with van der Waals surface area (Å²) < 4.78 is 10.7. The van der Waals surface area contributed by atoms with E-state index in [1.54, 1.807) is 13.1 Å². The van der Waals surface area contributed by atoms with E-state index in [0.29, 0.717) is 19.8 Å². The molecule has 2 atom stereocenters. The number of nitrogens with one attached hydrogen (secondary N) is 2. The van der Waals surface area contributed by atoms with Crippen molar-refractivity contribution in [3.05, 3.63) is 42.4 Å². The molecule has 1 aromatic heterocycles. The number of aromatic nitrogens is 2. The number of nitrogens with zero attached hydrogens (tertiary/aromatic N) is 1. The Balaban J connectivity index is 1.93. The second kappa shape index (κ2) is 9.96. The fourth-order valence-corrected chi connectivity index (χ4v) is 2.43. The molecule has 1 amide bonds. The van der Waals surface area contributed by atoms with Crippen LogP contribution in [0.1, 0.15) is 39.1 Å². The van der Waals surface area contributed by atoms with E-state index in [1.165, 1.54) is 0 Å². The Hall–Kier alpha value is -2.18. The van der Waals surface area contributed by atoms with Gasteiger partial charge in [0.05, 0.1) is 31.1 Å². The van der Waals surface area contributed by atoms with Crippen molar-refractivity contribution in [2.24, 2.45) is 0 Å². The van der Waals surface area contributed by atoms with Gasteiger partial charge in [0.2, 0.25) is 5.91 Å². The third-order valence-corrected chi connectivity index (χ3v) is 3.90. The van der Waals surface area contributed by atoms with E-state index >= 15 is 0 Å². The number of carbonyl (C=O) groups is 1. The van der Waals surface area contributed by atoms with Crippen LogP contribution in [0.3, 0.4) is 0 Å². The van der Waals surface area contributed by atoms with Crippen molar-refractivity contribution >= 4 is 5.91 Å². The Kier molecular flexibility index (Phi) is 7.63. The molecule has 6 nitrogen and oxygen atoms in total. The molecule has 0 bridgehead atoms. The summed E-state index contributed by atoms with van der Waals surface area (Å²) in [5.41, 5.74) is 2.00. The first kappa shape index (κ1) is 19.1. The van der Waals surface area contributed by atoms with Crippen LogP contribution in [0.5, 0.6) is 0 Å². The predicted molar refractivity (Wildman–Crippen MR) is 97.1 cm³/mol. The zero-order valence-electron chi connectivity index (χ0n) is 15.1. The molecular formula is C19H27N3O3. The van der Waals surface area contributed by atoms with Gasteiger partial charge in [0.25, 0.3) is 0 Å². The average Bonchev–Trinajstić information content (AvgIpc) is 3.13. The summed E-state index contributed by atoms with van der Waals surface area (Å²) in [5, 5.41) is 2.99. The first-order valence-corrected chi connectivity index (χ1v) is 8.75. The highest BCUT2D eigenvalue weighted by molar-refractivity contribution is 5.80. The summed E-state index contributed by atoms with van der Waals surface area (Å²) in [6.45, 7) is 7.21. The Morgan fingerprint density at radius 3 is 2.68 bits per heavy atom. The van der Waals surface area contributed by atoms with Crippen molar-refractivity contribution < 1.29 is 14.3 Å². The monoisotopic (exact) mass is 345 g/mol. The highest BCUT2D eigenvalue weighted by atomic mass is 16.5. The Morgan fingerprint density at radius 1 is 1.24 bits per heavy atom. The Labute approximate surface area is 149 Å². The van der Waals surface area contributed by atoms with Crippen molar-refractivity contribution in [2.75, 3.05) is 19.8 Å². The number of benzene rings is 1. The smallest absolute Gasteiger partial charge is 0.249 e. The Bertz CT molecular complexity index is 642. The van der Waals surface area contributed by atoms with Crippen molar-refractivity contribution in [1.82, 2.24) is 15.3 Å². The summed E-state index contributed by atoms with van der Waals surface area (Å²) >= 11 is 0. The number of hydrogen-bond acceptors (Lipinski definition) is 4. The third kappa shape index (κ3) is 5.69. The number of carbonyl (C=O) groups excluding carboxylic acids is 1. The lowest BCUT2D eigenvalue weighted by atomic mass is 10.2. The summed E-state index contributed by atoms with van der Waals surface area (Å²) in [6, 6.07) is 9.80. The number of hydrogen-bond donors (Lipinski definition) is 2. The van der Waals surface area contributed by atoms with Crippen molar-refractivity contribution in [2.45, 2.75) is 39.3 Å². The first-order valence-electron chi connectivity index (χ1n) is 8.75. The summed E-state index contributed by atoms with van der Waals surface area (Å²) in [5.74, 6) is 0.595. The number of amides is 1. The minimum atomic E-state index is -0.530. The van der Waals surface area contributed by atoms with E-state index in [9.17, 15) is 4.79 Å². The number of imidazole rings is 1. The van der Waals surface area contributed by atoms with Gasteiger partial charge in [0.1, 0.15) is 11.9 Å². The lowest BCUT2D eigenvalue weighted by molar-refractivity contribution is -0.133. The second-order valence-electron chi connectivity index (χ2n) is 5.73. The topological polar surface area (TPSA) is 76.2 Å². The van der Waals surface area contributed by atoms with Gasteiger partial charge < -0.3 is 19.8 Å². The molecule has 0 radical (unpaired) electrons. The third-order valence-electron chi connectivity index (χ3n) is 3.90. The highest BCUT2D eigenvalue weighted by Crippen LogP contribution is 2.20. The molecule has 0 unspecified atom stereocenters. The van der Waals surface area contributed by atoms with Gasteiger partial charge in [-0.05, 0) is 25.8 Å². The molecule has 136 valence electrons. The standard InChI is InChI=1S/C19H27N3O3/c1-4-16(22-19(23)14(3)25-12-11-24-5-2)18-20-13-17(21-18)15-9-7-6-8-10-15/h6-10,13-14,16H,4-5,11-12H2,1-3H3,(H,20,21)(H,22,23)/t14-,16-/m0/s1. The molecule has 0 saturated carbocycles. The van der Waals surface area contributed by atoms with E-state index in [-0.39, 0.29) is 11.9 Å². The molecule has 1 heterocycles. The molecule has 0 aliphatic carbocycles. The minimum Gasteiger partial charge on any atom is -0.379 e. The molecule has 0 saturated heterocycles. The van der Waals surface area contributed by atoms with Gasteiger partial charge in [-0.15, -0.1) is 0 Å². The largest absolute Gasteiger partial charge is 0.379 e. The zero-order valence-corrected chi connectivity index (χ0v) is 15.1. The number of H-pyrrole nitrogens is 1. The predicted octanol–water partition coefficient (Wildman–Crippen LogP) is 3.09. The molecule has 0 aliphatic heterocycles. The average molecular weight is 345 g/mol. The number of ether oxygens (including phenoxy) is 2. The van der Waals surface area contributed by atoms with Crippen LogP contribution >= 0.6 is 0 Å². The number of aromatic amines is 1. The van der Waals surface area contributed by atoms with Crippen LogP contribution in [0.4, 0.5) is 0 Å². The van der Waals surface area contributed by atoms with E-state index in [1.807, 2.05) is 44.2 Å². The van der Waals surface area contributed by atoms with Crippen molar-refractivity contribution in [1.29, 1.82) is 0 Å². The van der Waals surface area contributed by atoms with Gasteiger partial charge in [-0.2, -0.15) is 0 Å². The lowest BCUT2D eigenvalue weighted by Gasteiger charge is -2.18. The van der Waals surface area contributed by atoms with Crippen LogP contribution in [0.15, 0.2) is 36.5 Å². The lowest BCUT2D eigenvalue weighted by Crippen LogP contribution is -2.37. The maximum Gasteiger partial charge on any atom is 0.249 e. The fourth-order valence-electron chi connectivity index (χ4n) is 2.43. The first-order chi connectivity index (χ1) is 12.2. The molecule has 0 spiro atoms. The molecule has 2 aromatic rings. The van der Waals surface area contributed by atoms with Gasteiger partial charge in [-0.3, -0.25) is 4.79 Å². The van der Waals surface area contributed by atoms with E-state index < -0.39 is 6.10 Å². The second-order valence-corrected chi connectivity index (χ2v) is 5.73. The van der Waals surface area contributed by atoms with Crippen LogP contribution in [0, 0.1) is 0 Å². The van der Waals surface area contributed by atoms with Crippen LogP contribution in [-0.2, 0) is 14.3 Å². The minimum absolute atomic E-state index is 0.152. The summed E-state index contributed by atoms with van der Waals surface area (Å²) in [7, 11) is 0. The zero-order chi connectivity index (χ0) is 18.1. The van der Waals surface area contributed by atoms with Crippen molar-refractivity contribution in [3.8, 4) is 11.3 Å². The van der Waals surface area contributed by atoms with Crippen LogP contribution in [0.2, 0.25) is 0 Å². The molecular weight excluding hydrogens is 318 g/mol. The molecule has 25 heavy (non-hydrogen) atoms. The van der Waals surface area contributed by atoms with Crippen LogP contribution < -0.4 is 5.32 Å². The van der Waals surface area contributed by atoms with E-state index in [4.69, 9.17) is 9.47 Å². The number of rotatable bonds is 10. The van der Waals surface area contributed by atoms with E-state index in [2.05, 4.69) is 15.3 Å². The van der Waals surface area contributed by atoms with Crippen LogP contribution in [0.25, 0.3) is 11.3 Å². The maximum absolute atomic E-state index is 12.3. The van der Waals surface area contributed by atoms with Gasteiger partial charge in [0, 0.05) is 6.61 Å².